The van der Waals surface area contributed by atoms with E-state index in [0.29, 0.717) is 0 Å². The maximum atomic E-state index is 5.63. The second-order valence-corrected chi connectivity index (χ2v) is 16.7. The molecule has 1 N–H and O–H groups in total. The largest absolute Gasteiger partial charge is 0.354 e. The van der Waals surface area contributed by atoms with E-state index >= 15 is 0 Å². The molecule has 0 saturated heterocycles. The molecular weight excluding hydrogens is 719 g/mol. The molecule has 0 atom stereocenters. The quantitative estimate of drug-likeness (QED) is 0.183. The van der Waals surface area contributed by atoms with Gasteiger partial charge in [0.15, 0.2) is 0 Å². The highest BCUT2D eigenvalue weighted by molar-refractivity contribution is 6.13. The number of fused-ring (bicyclic) bond motifs is 7. The van der Waals surface area contributed by atoms with E-state index in [1.54, 1.807) is 0 Å². The van der Waals surface area contributed by atoms with E-state index in [1.165, 1.54) is 49.4 Å². The maximum Gasteiger partial charge on any atom is 0.147 e. The number of H-pyrrole nitrogens is 1. The predicted octanol–water partition coefficient (Wildman–Crippen LogP) is 13.7. The van der Waals surface area contributed by atoms with Gasteiger partial charge in [-0.25, -0.2) is 9.97 Å². The van der Waals surface area contributed by atoms with Crippen molar-refractivity contribution in [1.82, 2.24) is 24.1 Å². The van der Waals surface area contributed by atoms with Crippen LogP contribution in [0.25, 0.3) is 88.7 Å². The van der Waals surface area contributed by atoms with Gasteiger partial charge in [-0.05, 0) is 115 Å². The fourth-order valence-electron chi connectivity index (χ4n) is 9.31. The molecule has 5 heteroatoms. The van der Waals surface area contributed by atoms with Crippen LogP contribution in [0, 0.1) is 20.8 Å². The smallest absolute Gasteiger partial charge is 0.147 e. The van der Waals surface area contributed by atoms with Crippen LogP contribution in [0.3, 0.4) is 0 Å². The summed E-state index contributed by atoms with van der Waals surface area (Å²) in [4.78, 5) is 14.4. The Balaban J connectivity index is 1.17. The van der Waals surface area contributed by atoms with Crippen LogP contribution in [-0.4, -0.2) is 24.1 Å². The monoisotopic (exact) mass is 761 g/mol. The molecule has 5 nitrogen and oxygen atoms in total. The minimum atomic E-state index is -0.211. The lowest BCUT2D eigenvalue weighted by atomic mass is 9.78. The van der Waals surface area contributed by atoms with Crippen LogP contribution < -0.4 is 0 Å². The molecule has 0 unspecified atom stereocenters. The van der Waals surface area contributed by atoms with E-state index < -0.39 is 0 Å². The molecule has 0 aliphatic carbocycles. The molecule has 4 aromatic heterocycles. The van der Waals surface area contributed by atoms with Gasteiger partial charge in [-0.2, -0.15) is 0 Å². The van der Waals surface area contributed by atoms with Crippen LogP contribution in [0.1, 0.15) is 41.7 Å². The molecule has 59 heavy (non-hydrogen) atoms. The number of hydrogen-bond donors (Lipinski definition) is 1. The molecule has 7 aromatic carbocycles. The molecule has 11 rings (SSSR count). The van der Waals surface area contributed by atoms with Crippen molar-refractivity contribution < 1.29 is 0 Å². The number of para-hydroxylation sites is 2. The number of benzene rings is 7. The van der Waals surface area contributed by atoms with Crippen molar-refractivity contribution >= 4 is 54.6 Å². The number of aryl methyl sites for hydroxylation is 3. The summed E-state index contributed by atoms with van der Waals surface area (Å²) < 4.78 is 4.69. The minimum absolute atomic E-state index is 0.211. The van der Waals surface area contributed by atoms with Gasteiger partial charge < -0.3 is 4.98 Å². The number of aromatic nitrogens is 5. The zero-order chi connectivity index (χ0) is 40.0. The van der Waals surface area contributed by atoms with Crippen molar-refractivity contribution in [2.24, 2.45) is 0 Å². The summed E-state index contributed by atoms with van der Waals surface area (Å²) in [5.41, 5.74) is 16.7. The molecule has 0 radical (unpaired) electrons. The second kappa shape index (κ2) is 13.2. The number of nitrogens with zero attached hydrogens (tertiary/aromatic N) is 4. The van der Waals surface area contributed by atoms with Crippen molar-refractivity contribution in [1.29, 1.82) is 0 Å². The molecular formula is C54H43N5. The standard InChI is InChI=1S/C54H43N5/c1-33-13-11-16-39(27-33)58-49-30-35(3)29-44(52(49)57-53(58)43-19-12-18-42-40-17-9-10-20-46(40)56-51(42)43)36-22-23-41-45-28-34(2)21-24-47(45)59(48(41)31-36)50-32-38(25-26-55-50)54(4,5)37-14-7-6-8-15-37/h6-32,56H,1-5H3. The summed E-state index contributed by atoms with van der Waals surface area (Å²) in [7, 11) is 0. The van der Waals surface area contributed by atoms with Crippen LogP contribution in [0.2, 0.25) is 0 Å². The van der Waals surface area contributed by atoms with Gasteiger partial charge in [-0.15, -0.1) is 0 Å². The van der Waals surface area contributed by atoms with Gasteiger partial charge in [0.25, 0.3) is 0 Å². The Labute approximate surface area is 343 Å². The highest BCUT2D eigenvalue weighted by Crippen LogP contribution is 2.42. The molecule has 0 fully saturated rings. The van der Waals surface area contributed by atoms with Gasteiger partial charge in [0.05, 0.1) is 27.6 Å². The first-order valence-electron chi connectivity index (χ1n) is 20.4. The van der Waals surface area contributed by atoms with Crippen LogP contribution in [0.5, 0.6) is 0 Å². The summed E-state index contributed by atoms with van der Waals surface area (Å²) in [6, 6.07) is 57.2. The first-order chi connectivity index (χ1) is 28.7. The van der Waals surface area contributed by atoms with Gasteiger partial charge in [-0.3, -0.25) is 9.13 Å². The van der Waals surface area contributed by atoms with Crippen molar-refractivity contribution in [2.75, 3.05) is 0 Å². The Bertz CT molecular complexity index is 3450. The number of nitrogens with one attached hydrogen (secondary N) is 1. The molecule has 4 heterocycles. The summed E-state index contributed by atoms with van der Waals surface area (Å²) in [5, 5.41) is 4.81. The van der Waals surface area contributed by atoms with E-state index in [2.05, 4.69) is 206 Å². The Hall–Kier alpha value is -7.24. The van der Waals surface area contributed by atoms with Crippen molar-refractivity contribution in [3.05, 3.63) is 192 Å². The number of rotatable bonds is 6. The molecule has 0 spiro atoms. The van der Waals surface area contributed by atoms with Gasteiger partial charge >= 0.3 is 0 Å². The second-order valence-electron chi connectivity index (χ2n) is 16.7. The zero-order valence-corrected chi connectivity index (χ0v) is 33.9. The first-order valence-corrected chi connectivity index (χ1v) is 20.4. The summed E-state index contributed by atoms with van der Waals surface area (Å²) >= 11 is 0. The molecule has 0 saturated carbocycles. The number of pyridine rings is 1. The average molecular weight is 762 g/mol. The molecule has 11 aromatic rings. The molecule has 0 aliphatic rings. The fraction of sp³-hybridized carbons (Fsp3) is 0.111. The van der Waals surface area contributed by atoms with E-state index in [-0.39, 0.29) is 5.41 Å². The Morgan fingerprint density at radius 2 is 1.31 bits per heavy atom. The minimum Gasteiger partial charge on any atom is -0.354 e. The van der Waals surface area contributed by atoms with Crippen LogP contribution in [0.4, 0.5) is 0 Å². The van der Waals surface area contributed by atoms with E-state index in [4.69, 9.17) is 9.97 Å². The summed E-state index contributed by atoms with van der Waals surface area (Å²) in [5.74, 6) is 1.81. The van der Waals surface area contributed by atoms with Gasteiger partial charge in [0.2, 0.25) is 0 Å². The highest BCUT2D eigenvalue weighted by Gasteiger charge is 2.25. The van der Waals surface area contributed by atoms with Gasteiger partial charge in [0, 0.05) is 55.5 Å². The predicted molar refractivity (Wildman–Crippen MR) is 246 cm³/mol. The number of imidazole rings is 1. The summed E-state index contributed by atoms with van der Waals surface area (Å²) in [6.45, 7) is 11.1. The Morgan fingerprint density at radius 1 is 0.508 bits per heavy atom. The molecule has 0 bridgehead atoms. The lowest BCUT2D eigenvalue weighted by Crippen LogP contribution is -2.19. The van der Waals surface area contributed by atoms with Crippen LogP contribution in [-0.2, 0) is 5.41 Å². The third kappa shape index (κ3) is 5.53. The van der Waals surface area contributed by atoms with Crippen LogP contribution in [0.15, 0.2) is 164 Å². The topological polar surface area (TPSA) is 51.4 Å². The maximum absolute atomic E-state index is 5.63. The van der Waals surface area contributed by atoms with Crippen molar-refractivity contribution in [3.63, 3.8) is 0 Å². The van der Waals surface area contributed by atoms with E-state index in [1.807, 2.05) is 6.20 Å². The first kappa shape index (κ1) is 35.0. The molecule has 0 aliphatic heterocycles. The number of hydrogen-bond acceptors (Lipinski definition) is 2. The van der Waals surface area contributed by atoms with E-state index in [9.17, 15) is 0 Å². The average Bonchev–Trinajstić information content (AvgIpc) is 3.93. The zero-order valence-electron chi connectivity index (χ0n) is 33.9. The third-order valence-electron chi connectivity index (χ3n) is 12.4. The van der Waals surface area contributed by atoms with E-state index in [0.717, 1.165) is 67.1 Å². The lowest BCUT2D eigenvalue weighted by Gasteiger charge is -2.26. The Kier molecular flexibility index (Phi) is 7.79. The van der Waals surface area contributed by atoms with Crippen molar-refractivity contribution in [3.8, 4) is 34.0 Å². The molecule has 284 valence electrons. The molecule has 0 amide bonds. The summed E-state index contributed by atoms with van der Waals surface area (Å²) in [6.07, 6.45) is 1.96. The number of aromatic amines is 1. The highest BCUT2D eigenvalue weighted by atomic mass is 15.1. The SMILES string of the molecule is Cc1cccc(-n2c(-c3cccc4c3[nH]c3ccccc34)nc3c(-c4ccc5c6cc(C)ccc6n(-c6cc(C(C)(C)c7ccccc7)ccn6)c5c4)cc(C)cc32)c1. The van der Waals surface area contributed by atoms with Crippen molar-refractivity contribution in [2.45, 2.75) is 40.0 Å². The normalized spacial score (nSPS) is 12.2. The van der Waals surface area contributed by atoms with Crippen LogP contribution >= 0.6 is 0 Å². The van der Waals surface area contributed by atoms with Gasteiger partial charge in [0.1, 0.15) is 11.6 Å². The third-order valence-corrected chi connectivity index (χ3v) is 12.4. The fourth-order valence-corrected chi connectivity index (χ4v) is 9.31. The van der Waals surface area contributed by atoms with Gasteiger partial charge in [-0.1, -0.05) is 110 Å². The lowest BCUT2D eigenvalue weighted by molar-refractivity contribution is 0.639. The Morgan fingerprint density at radius 3 is 2.17 bits per heavy atom.